The number of rotatable bonds is 4. The van der Waals surface area contributed by atoms with Crippen LogP contribution in [0.4, 0.5) is 5.69 Å². The van der Waals surface area contributed by atoms with E-state index in [4.69, 9.17) is 5.11 Å². The fourth-order valence-electron chi connectivity index (χ4n) is 2.36. The molecule has 22 heavy (non-hydrogen) atoms. The molecule has 0 spiro atoms. The third kappa shape index (κ3) is 2.69. The highest BCUT2D eigenvalue weighted by atomic mass is 16.4. The van der Waals surface area contributed by atoms with Crippen molar-refractivity contribution >= 4 is 17.6 Å². The van der Waals surface area contributed by atoms with E-state index >= 15 is 0 Å². The second-order valence-electron chi connectivity index (χ2n) is 6.14. The second kappa shape index (κ2) is 4.94. The lowest BCUT2D eigenvalue weighted by molar-refractivity contribution is -0.118. The Morgan fingerprint density at radius 1 is 1.41 bits per heavy atom. The number of carbonyl (C=O) groups is 2. The fourth-order valence-corrected chi connectivity index (χ4v) is 2.36. The first-order chi connectivity index (χ1) is 10.4. The van der Waals surface area contributed by atoms with Gasteiger partial charge in [0, 0.05) is 11.6 Å². The predicted octanol–water partition coefficient (Wildman–Crippen LogP) is 1.95. The van der Waals surface area contributed by atoms with Crippen LogP contribution in [-0.4, -0.2) is 32.0 Å². The number of amides is 1. The first-order valence-corrected chi connectivity index (χ1v) is 6.94. The van der Waals surface area contributed by atoms with Crippen LogP contribution in [0.5, 0.6) is 0 Å². The Labute approximate surface area is 126 Å². The lowest BCUT2D eigenvalue weighted by Gasteiger charge is -2.08. The quantitative estimate of drug-likeness (QED) is 0.899. The van der Waals surface area contributed by atoms with Crippen molar-refractivity contribution in [2.75, 3.05) is 5.32 Å². The zero-order chi connectivity index (χ0) is 15.9. The van der Waals surface area contributed by atoms with Gasteiger partial charge in [0.1, 0.15) is 0 Å². The Bertz CT molecular complexity index is 751. The predicted molar refractivity (Wildman–Crippen MR) is 78.8 cm³/mol. The largest absolute Gasteiger partial charge is 0.476 e. The van der Waals surface area contributed by atoms with Crippen molar-refractivity contribution < 1.29 is 14.7 Å². The van der Waals surface area contributed by atoms with Gasteiger partial charge in [-0.2, -0.15) is 0 Å². The van der Waals surface area contributed by atoms with Crippen molar-refractivity contribution in [1.82, 2.24) is 15.0 Å². The zero-order valence-electron chi connectivity index (χ0n) is 12.3. The molecule has 0 aliphatic heterocycles. The number of aromatic carboxylic acids is 1. The van der Waals surface area contributed by atoms with E-state index < -0.39 is 5.97 Å². The number of nitrogens with one attached hydrogen (secondary N) is 1. The van der Waals surface area contributed by atoms with Crippen molar-refractivity contribution in [1.29, 1.82) is 0 Å². The Balaban J connectivity index is 1.77. The average Bonchev–Trinajstić information content (AvgIpc) is 2.89. The summed E-state index contributed by atoms with van der Waals surface area (Å²) in [5.41, 5.74) is 1.23. The molecule has 0 radical (unpaired) electrons. The highest BCUT2D eigenvalue weighted by Gasteiger charge is 2.50. The zero-order valence-corrected chi connectivity index (χ0v) is 12.3. The summed E-state index contributed by atoms with van der Waals surface area (Å²) in [6, 6.07) is 7.04. The second-order valence-corrected chi connectivity index (χ2v) is 6.14. The maximum Gasteiger partial charge on any atom is 0.358 e. The van der Waals surface area contributed by atoms with E-state index in [1.54, 1.807) is 24.3 Å². The number of benzene rings is 1. The average molecular weight is 300 g/mol. The third-order valence-electron chi connectivity index (χ3n) is 3.92. The van der Waals surface area contributed by atoms with Crippen molar-refractivity contribution in [2.45, 2.75) is 20.3 Å². The number of aromatic nitrogens is 3. The molecular formula is C15H16N4O3. The van der Waals surface area contributed by atoms with Gasteiger partial charge in [-0.05, 0) is 30.0 Å². The topological polar surface area (TPSA) is 97.1 Å². The third-order valence-corrected chi connectivity index (χ3v) is 3.92. The van der Waals surface area contributed by atoms with Crippen molar-refractivity contribution in [3.8, 4) is 5.69 Å². The molecule has 1 amide bonds. The number of anilines is 1. The maximum absolute atomic E-state index is 12.1. The molecule has 1 fully saturated rings. The maximum atomic E-state index is 12.1. The van der Waals surface area contributed by atoms with Gasteiger partial charge in [0.15, 0.2) is 5.69 Å². The molecule has 1 atom stereocenters. The van der Waals surface area contributed by atoms with Gasteiger partial charge in [-0.15, -0.1) is 5.10 Å². The van der Waals surface area contributed by atoms with Crippen LogP contribution in [0, 0.1) is 11.3 Å². The minimum Gasteiger partial charge on any atom is -0.476 e. The molecule has 3 rings (SSSR count). The van der Waals surface area contributed by atoms with Crippen LogP contribution in [0.3, 0.4) is 0 Å². The summed E-state index contributed by atoms with van der Waals surface area (Å²) in [4.78, 5) is 22.9. The van der Waals surface area contributed by atoms with Gasteiger partial charge < -0.3 is 10.4 Å². The highest BCUT2D eigenvalue weighted by molar-refractivity contribution is 5.95. The van der Waals surface area contributed by atoms with E-state index in [1.165, 1.54) is 10.9 Å². The van der Waals surface area contributed by atoms with Gasteiger partial charge in [-0.3, -0.25) is 4.79 Å². The summed E-state index contributed by atoms with van der Waals surface area (Å²) < 4.78 is 1.36. The smallest absolute Gasteiger partial charge is 0.358 e. The molecule has 1 aromatic heterocycles. The van der Waals surface area contributed by atoms with Crippen LogP contribution in [0.15, 0.2) is 30.5 Å². The van der Waals surface area contributed by atoms with Crippen LogP contribution < -0.4 is 5.32 Å². The summed E-state index contributed by atoms with van der Waals surface area (Å²) in [6.07, 6.45) is 2.22. The van der Waals surface area contributed by atoms with Crippen LogP contribution in [0.25, 0.3) is 5.69 Å². The monoisotopic (exact) mass is 300 g/mol. The summed E-state index contributed by atoms with van der Waals surface area (Å²) >= 11 is 0. The summed E-state index contributed by atoms with van der Waals surface area (Å²) in [5.74, 6) is -1.08. The SMILES string of the molecule is CC1(C)CC1C(=O)Nc1cccc(-n2cc(C(=O)O)nn2)c1. The van der Waals surface area contributed by atoms with E-state index in [0.717, 1.165) is 6.42 Å². The summed E-state index contributed by atoms with van der Waals surface area (Å²) in [6.45, 7) is 4.13. The van der Waals surface area contributed by atoms with E-state index in [0.29, 0.717) is 11.4 Å². The van der Waals surface area contributed by atoms with Gasteiger partial charge in [0.2, 0.25) is 5.91 Å². The van der Waals surface area contributed by atoms with Crippen LogP contribution in [0.1, 0.15) is 30.8 Å². The molecule has 114 valence electrons. The highest BCUT2D eigenvalue weighted by Crippen LogP contribution is 2.51. The molecule has 2 aromatic rings. The van der Waals surface area contributed by atoms with E-state index in [-0.39, 0.29) is 22.9 Å². The number of carboxylic acids is 1. The minimum absolute atomic E-state index is 0.00645. The van der Waals surface area contributed by atoms with Gasteiger partial charge in [-0.1, -0.05) is 25.1 Å². The van der Waals surface area contributed by atoms with E-state index in [9.17, 15) is 9.59 Å². The van der Waals surface area contributed by atoms with Crippen LogP contribution in [-0.2, 0) is 4.79 Å². The van der Waals surface area contributed by atoms with Gasteiger partial charge in [0.05, 0.1) is 11.9 Å². The number of hydrogen-bond acceptors (Lipinski definition) is 4. The van der Waals surface area contributed by atoms with Crippen molar-refractivity contribution in [3.05, 3.63) is 36.2 Å². The number of carboxylic acid groups (broad SMARTS) is 1. The van der Waals surface area contributed by atoms with E-state index in [1.807, 2.05) is 0 Å². The normalized spacial score (nSPS) is 18.7. The molecule has 1 aliphatic rings. The fraction of sp³-hybridized carbons (Fsp3) is 0.333. The Kier molecular flexibility index (Phi) is 3.20. The Morgan fingerprint density at radius 2 is 2.14 bits per heavy atom. The number of hydrogen-bond donors (Lipinski definition) is 2. The van der Waals surface area contributed by atoms with Crippen LogP contribution in [0.2, 0.25) is 0 Å². The molecule has 7 nitrogen and oxygen atoms in total. The molecular weight excluding hydrogens is 284 g/mol. The van der Waals surface area contributed by atoms with Crippen molar-refractivity contribution in [3.63, 3.8) is 0 Å². The molecule has 1 aromatic carbocycles. The van der Waals surface area contributed by atoms with Gasteiger partial charge in [-0.25, -0.2) is 9.48 Å². The molecule has 0 bridgehead atoms. The first kappa shape index (κ1) is 14.2. The lowest BCUT2D eigenvalue weighted by atomic mass is 10.1. The molecule has 0 saturated heterocycles. The Morgan fingerprint density at radius 3 is 2.73 bits per heavy atom. The molecule has 1 aliphatic carbocycles. The molecule has 1 saturated carbocycles. The summed E-state index contributed by atoms with van der Waals surface area (Å²) in [5, 5.41) is 19.1. The number of carbonyl (C=O) groups excluding carboxylic acids is 1. The molecule has 7 heteroatoms. The standard InChI is InChI=1S/C15H16N4O3/c1-15(2)7-11(15)13(20)16-9-4-3-5-10(6-9)19-8-12(14(21)22)17-18-19/h3-6,8,11H,7H2,1-2H3,(H,16,20)(H,21,22). The lowest BCUT2D eigenvalue weighted by Crippen LogP contribution is -2.16. The molecule has 1 heterocycles. The van der Waals surface area contributed by atoms with Gasteiger partial charge in [0.25, 0.3) is 0 Å². The minimum atomic E-state index is -1.13. The number of nitrogens with zero attached hydrogens (tertiary/aromatic N) is 3. The molecule has 2 N–H and O–H groups in total. The summed E-state index contributed by atoms with van der Waals surface area (Å²) in [7, 11) is 0. The first-order valence-electron chi connectivity index (χ1n) is 6.94. The van der Waals surface area contributed by atoms with E-state index in [2.05, 4.69) is 29.5 Å². The Hall–Kier alpha value is -2.70. The van der Waals surface area contributed by atoms with Crippen molar-refractivity contribution in [2.24, 2.45) is 11.3 Å². The molecule has 1 unspecified atom stereocenters. The van der Waals surface area contributed by atoms with Crippen LogP contribution >= 0.6 is 0 Å². The van der Waals surface area contributed by atoms with Gasteiger partial charge >= 0.3 is 5.97 Å².